The molecule has 2 aliphatic heterocycles. The highest BCUT2D eigenvalue weighted by Gasteiger charge is 2.65. The van der Waals surface area contributed by atoms with Gasteiger partial charge in [-0.25, -0.2) is 13.6 Å². The SMILES string of the molecule is CC1CC2(CN(C(=O)OC(C)(C)C)C2)C(F)(F)CN1Cc1ccccc1. The van der Waals surface area contributed by atoms with Crippen LogP contribution in [0.2, 0.25) is 0 Å². The van der Waals surface area contributed by atoms with Crippen molar-refractivity contribution in [1.29, 1.82) is 0 Å². The fourth-order valence-corrected chi connectivity index (χ4v) is 3.95. The van der Waals surface area contributed by atoms with Crippen LogP contribution in [0.1, 0.15) is 39.7 Å². The zero-order valence-corrected chi connectivity index (χ0v) is 16.0. The highest BCUT2D eigenvalue weighted by atomic mass is 19.3. The van der Waals surface area contributed by atoms with Crippen LogP contribution in [0.15, 0.2) is 30.3 Å². The van der Waals surface area contributed by atoms with Crippen LogP contribution in [0, 0.1) is 5.41 Å². The molecule has 0 aromatic heterocycles. The highest BCUT2D eigenvalue weighted by Crippen LogP contribution is 2.52. The van der Waals surface area contributed by atoms with Crippen LogP contribution in [0.4, 0.5) is 13.6 Å². The standard InChI is InChI=1S/C20H28F2N2O2/c1-15-10-19(12-24(13-19)17(25)26-18(2,3)4)20(21,22)14-23(15)11-16-8-6-5-7-9-16/h5-9,15H,10-14H2,1-4H3. The van der Waals surface area contributed by atoms with Crippen LogP contribution in [-0.2, 0) is 11.3 Å². The molecule has 1 aromatic carbocycles. The number of carbonyl (C=O) groups is 1. The summed E-state index contributed by atoms with van der Waals surface area (Å²) < 4.78 is 35.3. The first kappa shape index (κ1) is 19.1. The minimum Gasteiger partial charge on any atom is -0.444 e. The second-order valence-electron chi connectivity index (χ2n) is 8.76. The zero-order valence-electron chi connectivity index (χ0n) is 16.0. The lowest BCUT2D eigenvalue weighted by Gasteiger charge is -2.58. The Labute approximate surface area is 154 Å². The number of halogens is 2. The Hall–Kier alpha value is -1.69. The molecular formula is C20H28F2N2O2. The lowest BCUT2D eigenvalue weighted by atomic mass is 9.67. The van der Waals surface area contributed by atoms with Crippen LogP contribution in [0.5, 0.6) is 0 Å². The van der Waals surface area contributed by atoms with E-state index in [9.17, 15) is 13.6 Å². The first-order valence-electron chi connectivity index (χ1n) is 9.15. The molecular weight excluding hydrogens is 338 g/mol. The van der Waals surface area contributed by atoms with E-state index in [1.807, 2.05) is 42.2 Å². The van der Waals surface area contributed by atoms with Gasteiger partial charge in [-0.2, -0.15) is 0 Å². The van der Waals surface area contributed by atoms with Gasteiger partial charge in [-0.15, -0.1) is 0 Å². The van der Waals surface area contributed by atoms with Crippen molar-refractivity contribution < 1.29 is 18.3 Å². The van der Waals surface area contributed by atoms with Gasteiger partial charge in [-0.05, 0) is 39.7 Å². The van der Waals surface area contributed by atoms with Gasteiger partial charge in [0.05, 0.1) is 12.0 Å². The molecule has 2 saturated heterocycles. The zero-order chi connectivity index (χ0) is 19.2. The van der Waals surface area contributed by atoms with Crippen molar-refractivity contribution >= 4 is 6.09 Å². The number of hydrogen-bond donors (Lipinski definition) is 0. The molecule has 2 heterocycles. The summed E-state index contributed by atoms with van der Waals surface area (Å²) >= 11 is 0. The number of carbonyl (C=O) groups excluding carboxylic acids is 1. The van der Waals surface area contributed by atoms with Gasteiger partial charge in [-0.1, -0.05) is 30.3 Å². The molecule has 0 radical (unpaired) electrons. The number of benzene rings is 1. The number of nitrogens with zero attached hydrogens (tertiary/aromatic N) is 2. The number of piperidine rings is 1. The Morgan fingerprint density at radius 1 is 1.19 bits per heavy atom. The van der Waals surface area contributed by atoms with Gasteiger partial charge in [-0.3, -0.25) is 4.90 Å². The van der Waals surface area contributed by atoms with Crippen LogP contribution >= 0.6 is 0 Å². The molecule has 3 rings (SSSR count). The Balaban J connectivity index is 1.64. The number of ether oxygens (including phenoxy) is 1. The third kappa shape index (κ3) is 3.70. The molecule has 0 aliphatic carbocycles. The smallest absolute Gasteiger partial charge is 0.410 e. The number of alkyl halides is 2. The number of hydrogen-bond acceptors (Lipinski definition) is 3. The van der Waals surface area contributed by atoms with E-state index in [2.05, 4.69) is 0 Å². The second-order valence-corrected chi connectivity index (χ2v) is 8.76. The van der Waals surface area contributed by atoms with Gasteiger partial charge in [0, 0.05) is 25.7 Å². The quantitative estimate of drug-likeness (QED) is 0.788. The topological polar surface area (TPSA) is 32.8 Å². The van der Waals surface area contributed by atoms with Gasteiger partial charge in [0.25, 0.3) is 5.92 Å². The lowest BCUT2D eigenvalue weighted by molar-refractivity contribution is -0.230. The summed E-state index contributed by atoms with van der Waals surface area (Å²) in [5.74, 6) is -2.83. The summed E-state index contributed by atoms with van der Waals surface area (Å²) in [4.78, 5) is 15.4. The van der Waals surface area contributed by atoms with E-state index >= 15 is 0 Å². The lowest BCUT2D eigenvalue weighted by Crippen LogP contribution is -2.72. The molecule has 2 aliphatic rings. The Bertz CT molecular complexity index is 652. The fraction of sp³-hybridized carbons (Fsp3) is 0.650. The molecule has 1 amide bonds. The summed E-state index contributed by atoms with van der Waals surface area (Å²) in [6.45, 7) is 7.71. The molecule has 26 heavy (non-hydrogen) atoms. The summed E-state index contributed by atoms with van der Waals surface area (Å²) in [6.07, 6.45) is -0.120. The molecule has 0 N–H and O–H groups in total. The molecule has 6 heteroatoms. The summed E-state index contributed by atoms with van der Waals surface area (Å²) in [7, 11) is 0. The average Bonchev–Trinajstić information content (AvgIpc) is 2.47. The van der Waals surface area contributed by atoms with Crippen LogP contribution < -0.4 is 0 Å². The normalized spacial score (nSPS) is 25.0. The van der Waals surface area contributed by atoms with Gasteiger partial charge in [0.1, 0.15) is 5.60 Å². The van der Waals surface area contributed by atoms with Crippen molar-refractivity contribution in [2.24, 2.45) is 5.41 Å². The van der Waals surface area contributed by atoms with Crippen molar-refractivity contribution in [3.8, 4) is 0 Å². The van der Waals surface area contributed by atoms with E-state index in [0.29, 0.717) is 13.0 Å². The number of amides is 1. The van der Waals surface area contributed by atoms with Crippen molar-refractivity contribution in [3.63, 3.8) is 0 Å². The average molecular weight is 366 g/mol. The van der Waals surface area contributed by atoms with E-state index < -0.39 is 23.0 Å². The molecule has 1 spiro atoms. The van der Waals surface area contributed by atoms with Crippen molar-refractivity contribution in [2.75, 3.05) is 19.6 Å². The van der Waals surface area contributed by atoms with Gasteiger partial charge in [0.15, 0.2) is 0 Å². The maximum absolute atomic E-state index is 15.0. The largest absolute Gasteiger partial charge is 0.444 e. The molecule has 1 atom stereocenters. The van der Waals surface area contributed by atoms with Crippen LogP contribution in [0.25, 0.3) is 0 Å². The first-order chi connectivity index (χ1) is 12.0. The monoisotopic (exact) mass is 366 g/mol. The van der Waals surface area contributed by atoms with E-state index in [-0.39, 0.29) is 25.7 Å². The summed E-state index contributed by atoms with van der Waals surface area (Å²) in [6, 6.07) is 9.73. The Morgan fingerprint density at radius 3 is 2.38 bits per heavy atom. The van der Waals surface area contributed by atoms with Crippen molar-refractivity contribution in [2.45, 2.75) is 58.2 Å². The first-order valence-corrected chi connectivity index (χ1v) is 9.15. The van der Waals surface area contributed by atoms with Gasteiger partial charge >= 0.3 is 6.09 Å². The molecule has 4 nitrogen and oxygen atoms in total. The third-order valence-electron chi connectivity index (χ3n) is 5.35. The molecule has 144 valence electrons. The predicted molar refractivity (Wildman–Crippen MR) is 96.1 cm³/mol. The molecule has 1 unspecified atom stereocenters. The summed E-state index contributed by atoms with van der Waals surface area (Å²) in [5, 5.41) is 0. The van der Waals surface area contributed by atoms with Gasteiger partial charge < -0.3 is 9.64 Å². The van der Waals surface area contributed by atoms with E-state index in [0.717, 1.165) is 5.56 Å². The van der Waals surface area contributed by atoms with Crippen LogP contribution in [0.3, 0.4) is 0 Å². The van der Waals surface area contributed by atoms with Crippen molar-refractivity contribution in [3.05, 3.63) is 35.9 Å². The highest BCUT2D eigenvalue weighted by molar-refractivity contribution is 5.69. The second kappa shape index (κ2) is 6.48. The number of rotatable bonds is 2. The Morgan fingerprint density at radius 2 is 1.81 bits per heavy atom. The van der Waals surface area contributed by atoms with Gasteiger partial charge in [0.2, 0.25) is 0 Å². The predicted octanol–water partition coefficient (Wildman–Crippen LogP) is 4.15. The van der Waals surface area contributed by atoms with E-state index in [1.54, 1.807) is 20.8 Å². The van der Waals surface area contributed by atoms with E-state index in [1.165, 1.54) is 4.90 Å². The molecule has 1 aromatic rings. The molecule has 0 bridgehead atoms. The minimum absolute atomic E-state index is 0.0376. The fourth-order valence-electron chi connectivity index (χ4n) is 3.95. The van der Waals surface area contributed by atoms with Crippen LogP contribution in [-0.4, -0.2) is 53.1 Å². The van der Waals surface area contributed by atoms with E-state index in [4.69, 9.17) is 4.74 Å². The maximum atomic E-state index is 15.0. The summed E-state index contributed by atoms with van der Waals surface area (Å²) in [5.41, 5.74) is -0.708. The Kier molecular flexibility index (Phi) is 4.76. The third-order valence-corrected chi connectivity index (χ3v) is 5.35. The minimum atomic E-state index is -2.83. The maximum Gasteiger partial charge on any atom is 0.410 e. The number of likely N-dealkylation sites (tertiary alicyclic amines) is 2. The van der Waals surface area contributed by atoms with Crippen molar-refractivity contribution in [1.82, 2.24) is 9.80 Å². The molecule has 0 saturated carbocycles. The molecule has 2 fully saturated rings.